The summed E-state index contributed by atoms with van der Waals surface area (Å²) in [5, 5.41) is 0.948. The highest BCUT2D eigenvalue weighted by Gasteiger charge is 2.19. The Morgan fingerprint density at radius 1 is 0.909 bits per heavy atom. The van der Waals surface area contributed by atoms with Gasteiger partial charge in [-0.05, 0) is 36.8 Å². The van der Waals surface area contributed by atoms with Gasteiger partial charge in [0.25, 0.3) is 11.5 Å². The third-order valence-electron chi connectivity index (χ3n) is 5.13. The fourth-order valence-electron chi connectivity index (χ4n) is 3.40. The van der Waals surface area contributed by atoms with E-state index in [0.29, 0.717) is 21.6 Å². The maximum absolute atomic E-state index is 13.3. The van der Waals surface area contributed by atoms with Crippen LogP contribution in [0.25, 0.3) is 10.9 Å². The summed E-state index contributed by atoms with van der Waals surface area (Å²) in [6, 6.07) is 25.1. The number of hydrazine groups is 1. The molecule has 4 aromatic rings. The lowest BCUT2D eigenvalue weighted by molar-refractivity contribution is -0.119. The standard InChI is InChI=1S/C25H22N4O3S/c1-17(18-10-4-2-5-11-18)29-24(32)20-14-8-9-15-21(20)26-25(29)33-16-22(30)27-28-23(31)19-12-6-3-7-13-19/h2-15,17H,16H2,1H3,(H,27,30)(H,28,31). The van der Waals surface area contributed by atoms with Crippen LogP contribution in [0.2, 0.25) is 0 Å². The van der Waals surface area contributed by atoms with E-state index in [4.69, 9.17) is 0 Å². The van der Waals surface area contributed by atoms with Gasteiger partial charge in [-0.25, -0.2) is 4.98 Å². The molecule has 1 aromatic heterocycles. The summed E-state index contributed by atoms with van der Waals surface area (Å²) in [7, 11) is 0. The van der Waals surface area contributed by atoms with E-state index in [1.807, 2.05) is 43.3 Å². The van der Waals surface area contributed by atoms with Gasteiger partial charge >= 0.3 is 0 Å². The third kappa shape index (κ3) is 5.12. The Morgan fingerprint density at radius 2 is 1.55 bits per heavy atom. The lowest BCUT2D eigenvalue weighted by Crippen LogP contribution is -2.42. The molecule has 4 rings (SSSR count). The normalized spacial score (nSPS) is 11.7. The predicted octanol–water partition coefficient (Wildman–Crippen LogP) is 3.56. The van der Waals surface area contributed by atoms with Crippen molar-refractivity contribution >= 4 is 34.5 Å². The summed E-state index contributed by atoms with van der Waals surface area (Å²) in [6.07, 6.45) is 0. The van der Waals surface area contributed by atoms with Gasteiger partial charge in [-0.15, -0.1) is 0 Å². The lowest BCUT2D eigenvalue weighted by Gasteiger charge is -2.20. The van der Waals surface area contributed by atoms with Crippen molar-refractivity contribution in [3.63, 3.8) is 0 Å². The van der Waals surface area contributed by atoms with E-state index < -0.39 is 11.8 Å². The fourth-order valence-corrected chi connectivity index (χ4v) is 4.28. The second-order valence-corrected chi connectivity index (χ2v) is 8.27. The van der Waals surface area contributed by atoms with Crippen LogP contribution in [0.3, 0.4) is 0 Å². The Bertz CT molecular complexity index is 1340. The summed E-state index contributed by atoms with van der Waals surface area (Å²) in [6.45, 7) is 1.93. The predicted molar refractivity (Wildman–Crippen MR) is 129 cm³/mol. The molecule has 7 nitrogen and oxygen atoms in total. The molecular formula is C25H22N4O3S. The average molecular weight is 459 g/mol. The number of amides is 2. The smallest absolute Gasteiger partial charge is 0.269 e. The summed E-state index contributed by atoms with van der Waals surface area (Å²) in [5.41, 5.74) is 6.60. The zero-order valence-corrected chi connectivity index (χ0v) is 18.7. The van der Waals surface area contributed by atoms with E-state index in [2.05, 4.69) is 15.8 Å². The zero-order chi connectivity index (χ0) is 23.2. The summed E-state index contributed by atoms with van der Waals surface area (Å²) in [4.78, 5) is 42.5. The molecule has 8 heteroatoms. The number of benzene rings is 3. The molecule has 0 saturated carbocycles. The molecule has 0 bridgehead atoms. The highest BCUT2D eigenvalue weighted by molar-refractivity contribution is 7.99. The van der Waals surface area contributed by atoms with Crippen LogP contribution in [-0.2, 0) is 4.79 Å². The number of rotatable bonds is 6. The summed E-state index contributed by atoms with van der Waals surface area (Å²) < 4.78 is 1.61. The molecule has 0 saturated heterocycles. The molecule has 0 aliphatic carbocycles. The minimum atomic E-state index is -0.411. The molecule has 2 amide bonds. The van der Waals surface area contributed by atoms with Crippen LogP contribution in [-0.4, -0.2) is 27.1 Å². The van der Waals surface area contributed by atoms with Crippen molar-refractivity contribution in [3.8, 4) is 0 Å². The molecular weight excluding hydrogens is 436 g/mol. The number of carbonyl (C=O) groups excluding carboxylic acids is 2. The zero-order valence-electron chi connectivity index (χ0n) is 17.9. The quantitative estimate of drug-likeness (QED) is 0.262. The fraction of sp³-hybridized carbons (Fsp3) is 0.120. The Labute approximate surface area is 194 Å². The number of hydrogen-bond donors (Lipinski definition) is 2. The van der Waals surface area contributed by atoms with Crippen LogP contribution in [0.15, 0.2) is 94.9 Å². The SMILES string of the molecule is CC(c1ccccc1)n1c(SCC(=O)NNC(=O)c2ccccc2)nc2ccccc2c1=O. The molecule has 0 fully saturated rings. The molecule has 0 spiro atoms. The van der Waals surface area contributed by atoms with E-state index in [0.717, 1.165) is 17.3 Å². The van der Waals surface area contributed by atoms with Gasteiger partial charge in [0.15, 0.2) is 5.16 Å². The number of nitrogens with one attached hydrogen (secondary N) is 2. The van der Waals surface area contributed by atoms with E-state index in [9.17, 15) is 14.4 Å². The first-order chi connectivity index (χ1) is 16.0. The molecule has 1 heterocycles. The van der Waals surface area contributed by atoms with Gasteiger partial charge in [0.2, 0.25) is 5.91 Å². The van der Waals surface area contributed by atoms with Crippen molar-refractivity contribution < 1.29 is 9.59 Å². The van der Waals surface area contributed by atoms with Crippen molar-refractivity contribution in [1.29, 1.82) is 0 Å². The molecule has 0 radical (unpaired) electrons. The highest BCUT2D eigenvalue weighted by Crippen LogP contribution is 2.24. The Morgan fingerprint density at radius 3 is 2.27 bits per heavy atom. The van der Waals surface area contributed by atoms with Crippen molar-refractivity contribution in [2.75, 3.05) is 5.75 Å². The van der Waals surface area contributed by atoms with E-state index in [-0.39, 0.29) is 17.4 Å². The van der Waals surface area contributed by atoms with Crippen LogP contribution in [0.5, 0.6) is 0 Å². The average Bonchev–Trinajstić information content (AvgIpc) is 2.87. The maximum Gasteiger partial charge on any atom is 0.269 e. The molecule has 166 valence electrons. The largest absolute Gasteiger partial charge is 0.280 e. The number of fused-ring (bicyclic) bond motifs is 1. The molecule has 33 heavy (non-hydrogen) atoms. The minimum absolute atomic E-state index is 0.0264. The number of hydrogen-bond acceptors (Lipinski definition) is 5. The van der Waals surface area contributed by atoms with Gasteiger partial charge in [0.1, 0.15) is 0 Å². The Kier molecular flexibility index (Phi) is 6.85. The van der Waals surface area contributed by atoms with E-state index >= 15 is 0 Å². The van der Waals surface area contributed by atoms with Crippen molar-refractivity contribution in [1.82, 2.24) is 20.4 Å². The van der Waals surface area contributed by atoms with Crippen molar-refractivity contribution in [2.24, 2.45) is 0 Å². The third-order valence-corrected chi connectivity index (χ3v) is 6.08. The summed E-state index contributed by atoms with van der Waals surface area (Å²) in [5.74, 6) is -0.848. The second kappa shape index (κ2) is 10.1. The van der Waals surface area contributed by atoms with Crippen LogP contribution in [0.4, 0.5) is 0 Å². The number of aromatic nitrogens is 2. The minimum Gasteiger partial charge on any atom is -0.280 e. The number of thioether (sulfide) groups is 1. The van der Waals surface area contributed by atoms with Crippen LogP contribution in [0.1, 0.15) is 28.9 Å². The van der Waals surface area contributed by atoms with Gasteiger partial charge in [0.05, 0.1) is 22.7 Å². The van der Waals surface area contributed by atoms with Gasteiger partial charge < -0.3 is 0 Å². The molecule has 0 aliphatic rings. The number of para-hydroxylation sites is 1. The molecule has 1 unspecified atom stereocenters. The summed E-state index contributed by atoms with van der Waals surface area (Å²) >= 11 is 1.14. The first-order valence-electron chi connectivity index (χ1n) is 10.4. The Hall–Kier alpha value is -3.91. The number of nitrogens with zero attached hydrogens (tertiary/aromatic N) is 2. The van der Waals surface area contributed by atoms with Gasteiger partial charge in [0, 0.05) is 5.56 Å². The maximum atomic E-state index is 13.3. The monoisotopic (exact) mass is 458 g/mol. The van der Waals surface area contributed by atoms with E-state index in [1.54, 1.807) is 53.1 Å². The van der Waals surface area contributed by atoms with Crippen LogP contribution >= 0.6 is 11.8 Å². The second-order valence-electron chi connectivity index (χ2n) is 7.33. The highest BCUT2D eigenvalue weighted by atomic mass is 32.2. The molecule has 2 N–H and O–H groups in total. The van der Waals surface area contributed by atoms with E-state index in [1.165, 1.54) is 0 Å². The molecule has 0 aliphatic heterocycles. The Balaban J connectivity index is 1.54. The molecule has 3 aromatic carbocycles. The number of carbonyl (C=O) groups is 2. The first kappa shape index (κ1) is 22.3. The first-order valence-corrected chi connectivity index (χ1v) is 11.4. The lowest BCUT2D eigenvalue weighted by atomic mass is 10.1. The van der Waals surface area contributed by atoms with Crippen molar-refractivity contribution in [2.45, 2.75) is 18.1 Å². The van der Waals surface area contributed by atoms with Crippen LogP contribution < -0.4 is 16.4 Å². The van der Waals surface area contributed by atoms with Crippen LogP contribution in [0, 0.1) is 0 Å². The van der Waals surface area contributed by atoms with Gasteiger partial charge in [-0.3, -0.25) is 29.8 Å². The topological polar surface area (TPSA) is 93.1 Å². The van der Waals surface area contributed by atoms with Gasteiger partial charge in [-0.1, -0.05) is 72.4 Å². The van der Waals surface area contributed by atoms with Crippen molar-refractivity contribution in [3.05, 3.63) is 106 Å². The van der Waals surface area contributed by atoms with Gasteiger partial charge in [-0.2, -0.15) is 0 Å². The molecule has 1 atom stereocenters.